The molecule has 0 saturated carbocycles. The minimum atomic E-state index is -1.31. The summed E-state index contributed by atoms with van der Waals surface area (Å²) in [5.41, 5.74) is 13.1. The van der Waals surface area contributed by atoms with Crippen LogP contribution in [-0.4, -0.2) is 24.7 Å². The van der Waals surface area contributed by atoms with Crippen LogP contribution in [0.2, 0.25) is 5.02 Å². The Kier molecular flexibility index (Phi) is 5.48. The molecule has 3 aromatic heterocycles. The fourth-order valence-electron chi connectivity index (χ4n) is 3.73. The van der Waals surface area contributed by atoms with Gasteiger partial charge in [0.2, 0.25) is 5.95 Å². The van der Waals surface area contributed by atoms with E-state index in [1.54, 1.807) is 18.2 Å². The summed E-state index contributed by atoms with van der Waals surface area (Å²) in [5, 5.41) is 5.19. The van der Waals surface area contributed by atoms with Gasteiger partial charge in [-0.15, -0.1) is 0 Å². The number of fused-ring (bicyclic) bond motifs is 1. The van der Waals surface area contributed by atoms with E-state index in [9.17, 15) is 17.6 Å². The molecule has 0 spiro atoms. The number of anilines is 2. The number of aromatic nitrogens is 5. The van der Waals surface area contributed by atoms with Crippen LogP contribution >= 0.6 is 11.6 Å². The molecule has 0 unspecified atom stereocenters. The quantitative estimate of drug-likeness (QED) is 0.208. The number of nitrogens with zero attached hydrogens (tertiary/aromatic N) is 5. The molecule has 0 fully saturated rings. The van der Waals surface area contributed by atoms with Crippen molar-refractivity contribution >= 4 is 34.1 Å². The van der Waals surface area contributed by atoms with Gasteiger partial charge < -0.3 is 11.5 Å². The highest BCUT2D eigenvalue weighted by Crippen LogP contribution is 2.32. The predicted octanol–water partition coefficient (Wildman–Crippen LogP) is 4.84. The summed E-state index contributed by atoms with van der Waals surface area (Å²) in [6.07, 6.45) is 0.871. The third-order valence-corrected chi connectivity index (χ3v) is 5.60. The SMILES string of the molecule is Nc1nc(-n2nc(Cc3c(F)ccc(F)c3F)c3cc(Cl)ccc32)nc(N)c1-c1ccc(F)nc1. The molecule has 5 aromatic rings. The first-order chi connectivity index (χ1) is 16.7. The predicted molar refractivity (Wildman–Crippen MR) is 123 cm³/mol. The molecule has 12 heteroatoms. The lowest BCUT2D eigenvalue weighted by atomic mass is 10.1. The molecule has 0 radical (unpaired) electrons. The number of nitrogen functional groups attached to an aromatic ring is 2. The lowest BCUT2D eigenvalue weighted by molar-refractivity contribution is 0.482. The Bertz CT molecular complexity index is 1580. The lowest BCUT2D eigenvalue weighted by Gasteiger charge is -2.10. The second kappa shape index (κ2) is 8.51. The van der Waals surface area contributed by atoms with Crippen molar-refractivity contribution < 1.29 is 17.6 Å². The molecule has 2 aromatic carbocycles. The van der Waals surface area contributed by atoms with Gasteiger partial charge in [0.05, 0.1) is 16.8 Å². The summed E-state index contributed by atoms with van der Waals surface area (Å²) in [6, 6.07) is 8.87. The first-order valence-electron chi connectivity index (χ1n) is 10.1. The largest absolute Gasteiger partial charge is 0.383 e. The van der Waals surface area contributed by atoms with E-state index < -0.39 is 29.0 Å². The van der Waals surface area contributed by atoms with Gasteiger partial charge in [0.15, 0.2) is 11.6 Å². The Hall–Kier alpha value is -4.25. The van der Waals surface area contributed by atoms with Gasteiger partial charge >= 0.3 is 0 Å². The van der Waals surface area contributed by atoms with Crippen LogP contribution in [0.3, 0.4) is 0 Å². The third kappa shape index (κ3) is 3.99. The van der Waals surface area contributed by atoms with Crippen molar-refractivity contribution in [2.75, 3.05) is 11.5 Å². The zero-order valence-electron chi connectivity index (χ0n) is 17.6. The monoisotopic (exact) mass is 499 g/mol. The fourth-order valence-corrected chi connectivity index (χ4v) is 3.90. The van der Waals surface area contributed by atoms with E-state index in [0.29, 0.717) is 27.6 Å². The van der Waals surface area contributed by atoms with Crippen molar-refractivity contribution in [1.29, 1.82) is 0 Å². The minimum absolute atomic E-state index is 0.0257. The maximum Gasteiger partial charge on any atom is 0.255 e. The van der Waals surface area contributed by atoms with Crippen molar-refractivity contribution in [3.63, 3.8) is 0 Å². The van der Waals surface area contributed by atoms with Crippen LogP contribution < -0.4 is 11.5 Å². The van der Waals surface area contributed by atoms with E-state index in [-0.39, 0.29) is 35.3 Å². The minimum Gasteiger partial charge on any atom is -0.383 e. The smallest absolute Gasteiger partial charge is 0.255 e. The van der Waals surface area contributed by atoms with Crippen LogP contribution in [0, 0.1) is 23.4 Å². The molecule has 0 aliphatic rings. The van der Waals surface area contributed by atoms with Crippen molar-refractivity contribution in [3.05, 3.63) is 88.3 Å². The normalized spacial score (nSPS) is 11.3. The average molecular weight is 500 g/mol. The molecule has 176 valence electrons. The summed E-state index contributed by atoms with van der Waals surface area (Å²) in [4.78, 5) is 12.1. The summed E-state index contributed by atoms with van der Waals surface area (Å²) in [7, 11) is 0. The van der Waals surface area contributed by atoms with Crippen LogP contribution in [0.5, 0.6) is 0 Å². The third-order valence-electron chi connectivity index (χ3n) is 5.36. The molecule has 7 nitrogen and oxygen atoms in total. The molecule has 0 bridgehead atoms. The highest BCUT2D eigenvalue weighted by molar-refractivity contribution is 6.31. The molecule has 4 N–H and O–H groups in total. The van der Waals surface area contributed by atoms with E-state index in [1.165, 1.54) is 16.9 Å². The van der Waals surface area contributed by atoms with Gasteiger partial charge in [0, 0.05) is 34.2 Å². The molecular weight excluding hydrogens is 486 g/mol. The van der Waals surface area contributed by atoms with Crippen molar-refractivity contribution in [3.8, 4) is 17.1 Å². The molecule has 5 rings (SSSR count). The highest BCUT2D eigenvalue weighted by Gasteiger charge is 2.21. The van der Waals surface area contributed by atoms with Crippen molar-refractivity contribution in [1.82, 2.24) is 24.7 Å². The number of nitrogens with two attached hydrogens (primary N) is 2. The summed E-state index contributed by atoms with van der Waals surface area (Å²) >= 11 is 6.14. The van der Waals surface area contributed by atoms with Crippen molar-refractivity contribution in [2.24, 2.45) is 0 Å². The van der Waals surface area contributed by atoms with Gasteiger partial charge in [-0.2, -0.15) is 24.1 Å². The molecule has 35 heavy (non-hydrogen) atoms. The Morgan fingerprint density at radius 3 is 2.29 bits per heavy atom. The van der Waals surface area contributed by atoms with E-state index in [2.05, 4.69) is 20.1 Å². The molecule has 0 amide bonds. The second-order valence-electron chi connectivity index (χ2n) is 7.56. The molecule has 0 atom stereocenters. The first-order valence-corrected chi connectivity index (χ1v) is 10.5. The fraction of sp³-hybridized carbons (Fsp3) is 0.0435. The van der Waals surface area contributed by atoms with E-state index in [1.807, 2.05) is 0 Å². The first kappa shape index (κ1) is 22.5. The van der Waals surface area contributed by atoms with Crippen molar-refractivity contribution in [2.45, 2.75) is 6.42 Å². The van der Waals surface area contributed by atoms with Gasteiger partial charge in [-0.3, -0.25) is 0 Å². The summed E-state index contributed by atoms with van der Waals surface area (Å²) in [5.74, 6) is -4.17. The molecule has 3 heterocycles. The second-order valence-corrected chi connectivity index (χ2v) is 7.99. The standard InChI is InChI=1S/C23H14ClF4N7/c24-11-2-5-17-13(7-11)16(8-12-14(25)3-4-15(26)20(12)28)34-35(17)23-32-21(29)19(22(30)33-23)10-1-6-18(27)31-9-10/h1-7,9H,8H2,(H4,29,30,32,33). The summed E-state index contributed by atoms with van der Waals surface area (Å²) in [6.45, 7) is 0. The topological polar surface area (TPSA) is 109 Å². The summed E-state index contributed by atoms with van der Waals surface area (Å²) < 4.78 is 56.9. The lowest BCUT2D eigenvalue weighted by Crippen LogP contribution is -2.10. The molecular formula is C23H14ClF4N7. The van der Waals surface area contributed by atoms with Gasteiger partial charge in [0.25, 0.3) is 5.95 Å². The number of rotatable bonds is 4. The van der Waals surface area contributed by atoms with E-state index >= 15 is 0 Å². The Morgan fingerprint density at radius 1 is 0.886 bits per heavy atom. The number of halogens is 5. The Balaban J connectivity index is 1.66. The van der Waals surface area contributed by atoms with Gasteiger partial charge in [-0.05, 0) is 42.5 Å². The number of hydrogen-bond donors (Lipinski definition) is 2. The van der Waals surface area contributed by atoms with Crippen LogP contribution in [-0.2, 0) is 6.42 Å². The van der Waals surface area contributed by atoms with E-state index in [0.717, 1.165) is 12.1 Å². The average Bonchev–Trinajstić information content (AvgIpc) is 3.17. The zero-order chi connectivity index (χ0) is 24.9. The maximum atomic E-state index is 14.3. The van der Waals surface area contributed by atoms with Gasteiger partial charge in [-0.1, -0.05) is 11.6 Å². The number of hydrogen-bond acceptors (Lipinski definition) is 6. The van der Waals surface area contributed by atoms with Gasteiger partial charge in [0.1, 0.15) is 17.5 Å². The number of benzene rings is 2. The maximum absolute atomic E-state index is 14.3. The zero-order valence-corrected chi connectivity index (χ0v) is 18.4. The van der Waals surface area contributed by atoms with Crippen LogP contribution in [0.1, 0.15) is 11.3 Å². The van der Waals surface area contributed by atoms with Crippen LogP contribution in [0.25, 0.3) is 28.0 Å². The molecule has 0 aliphatic heterocycles. The molecule has 0 aliphatic carbocycles. The Labute approximate surface area is 200 Å². The van der Waals surface area contributed by atoms with E-state index in [4.69, 9.17) is 23.1 Å². The molecule has 0 saturated heterocycles. The highest BCUT2D eigenvalue weighted by atomic mass is 35.5. The van der Waals surface area contributed by atoms with Gasteiger partial charge in [-0.25, -0.2) is 18.2 Å². The van der Waals surface area contributed by atoms with Crippen LogP contribution in [0.4, 0.5) is 29.2 Å². The Morgan fingerprint density at radius 2 is 1.60 bits per heavy atom. The van der Waals surface area contributed by atoms with Crippen LogP contribution in [0.15, 0.2) is 48.7 Å². The number of pyridine rings is 1.